The molecule has 1 heterocycles. The van der Waals surface area contributed by atoms with E-state index in [1.54, 1.807) is 26.8 Å². The Kier molecular flexibility index (Phi) is 5.81. The fourth-order valence-corrected chi connectivity index (χ4v) is 4.79. The minimum atomic E-state index is -0.753. The van der Waals surface area contributed by atoms with Crippen LogP contribution in [-0.4, -0.2) is 23.8 Å². The molecule has 2 aliphatic carbocycles. The first-order valence-corrected chi connectivity index (χ1v) is 10.4. The highest BCUT2D eigenvalue weighted by molar-refractivity contribution is 5.99. The van der Waals surface area contributed by atoms with Gasteiger partial charge in [-0.3, -0.25) is 4.79 Å². The van der Waals surface area contributed by atoms with E-state index in [-0.39, 0.29) is 35.1 Å². The largest absolute Gasteiger partial charge is 0.461 e. The van der Waals surface area contributed by atoms with E-state index >= 15 is 0 Å². The summed E-state index contributed by atoms with van der Waals surface area (Å²) in [5.74, 6) is -1.32. The molecule has 0 unspecified atom stereocenters. The molecule has 30 heavy (non-hydrogen) atoms. The summed E-state index contributed by atoms with van der Waals surface area (Å²) in [6.07, 6.45) is 3.24. The van der Waals surface area contributed by atoms with Crippen LogP contribution in [0.15, 0.2) is 34.5 Å². The average Bonchev–Trinajstić information content (AvgIpc) is 3.09. The standard InChI is InChI=1S/C24H30O6/c1-8-13(4)23(27)29-17-10-9-16-19(25)20-18(14(5)11-28-20)21(24(16,7)15(17)6)30-22(26)12(2)3/h8,11,15-17,21H,2,9-10H2,1,3-7H3/t15-,16+,17-,21+,24+/m0/s1. The van der Waals surface area contributed by atoms with E-state index < -0.39 is 23.4 Å². The van der Waals surface area contributed by atoms with E-state index in [2.05, 4.69) is 6.58 Å². The molecule has 0 bridgehead atoms. The van der Waals surface area contributed by atoms with Gasteiger partial charge in [0.05, 0.1) is 6.26 Å². The zero-order valence-electron chi connectivity index (χ0n) is 18.5. The number of allylic oxidation sites excluding steroid dienone is 1. The first-order valence-electron chi connectivity index (χ1n) is 10.4. The fraction of sp³-hybridized carbons (Fsp3) is 0.542. The number of Topliss-reactive ketones (excluding diaryl/α,β-unsaturated/α-hetero) is 1. The van der Waals surface area contributed by atoms with Gasteiger partial charge in [-0.25, -0.2) is 9.59 Å². The number of carbonyl (C=O) groups is 3. The Morgan fingerprint density at radius 3 is 2.50 bits per heavy atom. The number of fused-ring (bicyclic) bond motifs is 2. The summed E-state index contributed by atoms with van der Waals surface area (Å²) in [5, 5.41) is 0. The number of rotatable bonds is 4. The van der Waals surface area contributed by atoms with E-state index in [1.165, 1.54) is 6.26 Å². The monoisotopic (exact) mass is 414 g/mol. The number of carbonyl (C=O) groups excluding carboxylic acids is 3. The second-order valence-corrected chi connectivity index (χ2v) is 8.79. The number of esters is 2. The third kappa shape index (κ3) is 3.32. The maximum atomic E-state index is 13.3. The Balaban J connectivity index is 2.06. The van der Waals surface area contributed by atoms with Crippen molar-refractivity contribution in [2.75, 3.05) is 0 Å². The minimum absolute atomic E-state index is 0.0792. The normalized spacial score (nSPS) is 30.9. The van der Waals surface area contributed by atoms with Crippen LogP contribution in [0, 0.1) is 24.2 Å². The Hall–Kier alpha value is -2.63. The van der Waals surface area contributed by atoms with Crippen LogP contribution in [0.25, 0.3) is 0 Å². The lowest BCUT2D eigenvalue weighted by Gasteiger charge is -2.53. The van der Waals surface area contributed by atoms with Crippen molar-refractivity contribution in [1.82, 2.24) is 0 Å². The summed E-state index contributed by atoms with van der Waals surface area (Å²) in [6, 6.07) is 0. The van der Waals surface area contributed by atoms with E-state index in [0.29, 0.717) is 24.0 Å². The summed E-state index contributed by atoms with van der Waals surface area (Å²) in [4.78, 5) is 38.2. The van der Waals surface area contributed by atoms with Crippen LogP contribution in [0.3, 0.4) is 0 Å². The number of aryl methyl sites for hydroxylation is 1. The summed E-state index contributed by atoms with van der Waals surface area (Å²) in [7, 11) is 0. The number of ketones is 1. The van der Waals surface area contributed by atoms with Crippen LogP contribution in [0.5, 0.6) is 0 Å². The lowest BCUT2D eigenvalue weighted by atomic mass is 9.53. The van der Waals surface area contributed by atoms with Crippen molar-refractivity contribution in [1.29, 1.82) is 0 Å². The summed E-state index contributed by atoms with van der Waals surface area (Å²) >= 11 is 0. The van der Waals surface area contributed by atoms with Crippen molar-refractivity contribution < 1.29 is 28.3 Å². The molecule has 1 fully saturated rings. The molecule has 5 atom stereocenters. The minimum Gasteiger partial charge on any atom is -0.461 e. The van der Waals surface area contributed by atoms with Gasteiger partial charge in [0, 0.05) is 34.0 Å². The smallest absolute Gasteiger partial charge is 0.333 e. The van der Waals surface area contributed by atoms with Crippen LogP contribution < -0.4 is 0 Å². The van der Waals surface area contributed by atoms with Gasteiger partial charge in [0.15, 0.2) is 5.76 Å². The molecule has 0 aliphatic heterocycles. The summed E-state index contributed by atoms with van der Waals surface area (Å²) < 4.78 is 17.3. The van der Waals surface area contributed by atoms with E-state index in [1.807, 2.05) is 20.8 Å². The molecule has 6 heteroatoms. The van der Waals surface area contributed by atoms with E-state index in [4.69, 9.17) is 13.9 Å². The Morgan fingerprint density at radius 2 is 1.90 bits per heavy atom. The van der Waals surface area contributed by atoms with Crippen molar-refractivity contribution in [3.63, 3.8) is 0 Å². The predicted octanol–water partition coefficient (Wildman–Crippen LogP) is 4.88. The third-order valence-electron chi connectivity index (χ3n) is 7.01. The topological polar surface area (TPSA) is 82.8 Å². The molecule has 162 valence electrons. The summed E-state index contributed by atoms with van der Waals surface area (Å²) in [6.45, 7) is 14.5. The molecule has 0 spiro atoms. The van der Waals surface area contributed by atoms with Gasteiger partial charge >= 0.3 is 11.9 Å². The van der Waals surface area contributed by atoms with E-state index in [0.717, 1.165) is 5.56 Å². The molecule has 1 aromatic rings. The molecule has 1 aromatic heterocycles. The Bertz CT molecular complexity index is 935. The van der Waals surface area contributed by atoms with Crippen LogP contribution in [-0.2, 0) is 19.1 Å². The van der Waals surface area contributed by atoms with Crippen LogP contribution in [0.1, 0.15) is 75.2 Å². The second-order valence-electron chi connectivity index (χ2n) is 8.79. The first kappa shape index (κ1) is 22.1. The summed E-state index contributed by atoms with van der Waals surface area (Å²) in [5.41, 5.74) is 1.43. The molecule has 1 saturated carbocycles. The third-order valence-corrected chi connectivity index (χ3v) is 7.01. The van der Waals surface area contributed by atoms with E-state index in [9.17, 15) is 14.4 Å². The molecule has 2 aliphatic rings. The van der Waals surface area contributed by atoms with Crippen molar-refractivity contribution >= 4 is 17.7 Å². The zero-order valence-corrected chi connectivity index (χ0v) is 18.5. The molecular formula is C24H30O6. The molecule has 0 saturated heterocycles. The van der Waals surface area contributed by atoms with Gasteiger partial charge in [-0.15, -0.1) is 0 Å². The quantitative estimate of drug-likeness (QED) is 0.516. The Morgan fingerprint density at radius 1 is 1.23 bits per heavy atom. The van der Waals surface area contributed by atoms with Gasteiger partial charge in [-0.2, -0.15) is 0 Å². The second kappa shape index (κ2) is 7.89. The average molecular weight is 414 g/mol. The molecule has 0 N–H and O–H groups in total. The maximum Gasteiger partial charge on any atom is 0.333 e. The predicted molar refractivity (Wildman–Crippen MR) is 111 cm³/mol. The van der Waals surface area contributed by atoms with Crippen molar-refractivity contribution in [3.8, 4) is 0 Å². The van der Waals surface area contributed by atoms with Crippen molar-refractivity contribution in [3.05, 3.63) is 47.0 Å². The van der Waals surface area contributed by atoms with Gasteiger partial charge in [0.2, 0.25) is 5.78 Å². The molecule has 0 amide bonds. The lowest BCUT2D eigenvalue weighted by Crippen LogP contribution is -2.55. The van der Waals surface area contributed by atoms with Crippen molar-refractivity contribution in [2.24, 2.45) is 17.3 Å². The highest BCUT2D eigenvalue weighted by Gasteiger charge is 2.61. The molecule has 0 aromatic carbocycles. The highest BCUT2D eigenvalue weighted by atomic mass is 16.6. The van der Waals surface area contributed by atoms with Gasteiger partial charge in [0.25, 0.3) is 0 Å². The van der Waals surface area contributed by atoms with Gasteiger partial charge in [-0.1, -0.05) is 26.5 Å². The van der Waals surface area contributed by atoms with Crippen LogP contribution in [0.4, 0.5) is 0 Å². The maximum absolute atomic E-state index is 13.3. The zero-order chi connectivity index (χ0) is 22.4. The van der Waals surface area contributed by atoms with Gasteiger partial charge in [-0.05, 0) is 46.1 Å². The number of hydrogen-bond acceptors (Lipinski definition) is 6. The number of hydrogen-bond donors (Lipinski definition) is 0. The lowest BCUT2D eigenvalue weighted by molar-refractivity contribution is -0.178. The fourth-order valence-electron chi connectivity index (χ4n) is 4.79. The van der Waals surface area contributed by atoms with Crippen LogP contribution >= 0.6 is 0 Å². The SMILES string of the molecule is C=C(C)C(=O)O[C@@H]1c2c(C)coc2C(=O)[C@H]2CC[C@H](OC(=O)C(C)=CC)[C@H](C)[C@]21C. The highest BCUT2D eigenvalue weighted by Crippen LogP contribution is 2.60. The molecule has 3 rings (SSSR count). The number of furan rings is 1. The van der Waals surface area contributed by atoms with Crippen molar-refractivity contribution in [2.45, 2.75) is 66.6 Å². The van der Waals surface area contributed by atoms with Crippen LogP contribution in [0.2, 0.25) is 0 Å². The Labute approximate surface area is 177 Å². The molecular weight excluding hydrogens is 384 g/mol. The molecule has 6 nitrogen and oxygen atoms in total. The van der Waals surface area contributed by atoms with Gasteiger partial charge < -0.3 is 13.9 Å². The molecule has 0 radical (unpaired) electrons. The van der Waals surface area contributed by atoms with Gasteiger partial charge in [0.1, 0.15) is 12.2 Å². The first-order chi connectivity index (χ1) is 14.0. The number of ether oxygens (including phenoxy) is 2.